The summed E-state index contributed by atoms with van der Waals surface area (Å²) >= 11 is 0. The van der Waals surface area contributed by atoms with Crippen molar-refractivity contribution in [1.82, 2.24) is 15.1 Å². The summed E-state index contributed by atoms with van der Waals surface area (Å²) in [5.41, 5.74) is 0.772. The molecule has 1 aromatic heterocycles. The van der Waals surface area contributed by atoms with Crippen LogP contribution in [0.2, 0.25) is 0 Å². The number of anilines is 1. The van der Waals surface area contributed by atoms with Crippen LogP contribution in [-0.4, -0.2) is 34.2 Å². The van der Waals surface area contributed by atoms with Gasteiger partial charge in [-0.1, -0.05) is 12.8 Å². The van der Waals surface area contributed by atoms with Gasteiger partial charge in [0.05, 0.1) is 17.8 Å². The van der Waals surface area contributed by atoms with Crippen LogP contribution in [-0.2, 0) is 16.6 Å². The number of hydrogen-bond donors (Lipinski definition) is 1. The first-order valence-corrected chi connectivity index (χ1v) is 7.23. The van der Waals surface area contributed by atoms with Crippen molar-refractivity contribution in [2.75, 3.05) is 11.4 Å². The monoisotopic (exact) mass is 276 g/mol. The van der Waals surface area contributed by atoms with Gasteiger partial charge in [0.2, 0.25) is 11.8 Å². The van der Waals surface area contributed by atoms with Crippen molar-refractivity contribution in [3.8, 4) is 0 Å². The second kappa shape index (κ2) is 5.26. The summed E-state index contributed by atoms with van der Waals surface area (Å²) in [5.74, 6) is -0.204. The van der Waals surface area contributed by atoms with E-state index >= 15 is 0 Å². The first-order chi connectivity index (χ1) is 9.63. The molecule has 1 unspecified atom stereocenters. The number of rotatable bonds is 3. The molecule has 6 nitrogen and oxygen atoms in total. The molecule has 1 aromatic rings. The van der Waals surface area contributed by atoms with Gasteiger partial charge >= 0.3 is 0 Å². The largest absolute Gasteiger partial charge is 0.353 e. The molecule has 2 heterocycles. The molecule has 6 heteroatoms. The fraction of sp³-hybridized carbons (Fsp3) is 0.643. The number of aryl methyl sites for hydroxylation is 1. The minimum absolute atomic E-state index is 0.00423. The SMILES string of the molecule is Cn1cc(N2CC(C(=O)NC3CCCC3)CC2=O)cn1. The molecule has 1 atom stereocenters. The predicted molar refractivity (Wildman–Crippen MR) is 74.1 cm³/mol. The third-order valence-electron chi connectivity index (χ3n) is 4.20. The Hall–Kier alpha value is -1.85. The maximum absolute atomic E-state index is 12.2. The van der Waals surface area contributed by atoms with E-state index in [0.717, 1.165) is 18.5 Å². The molecule has 1 N–H and O–H groups in total. The van der Waals surface area contributed by atoms with Crippen LogP contribution < -0.4 is 10.2 Å². The molecule has 1 aliphatic carbocycles. The molecule has 0 spiro atoms. The molecular formula is C14H20N4O2. The highest BCUT2D eigenvalue weighted by Gasteiger charge is 2.36. The summed E-state index contributed by atoms with van der Waals surface area (Å²) in [7, 11) is 1.81. The van der Waals surface area contributed by atoms with E-state index in [1.807, 2.05) is 7.05 Å². The Bertz CT molecular complexity index is 519. The van der Waals surface area contributed by atoms with Gasteiger partial charge in [0.1, 0.15) is 0 Å². The lowest BCUT2D eigenvalue weighted by atomic mass is 10.1. The molecule has 108 valence electrons. The van der Waals surface area contributed by atoms with Gasteiger partial charge in [0.15, 0.2) is 0 Å². The molecule has 0 bridgehead atoms. The average molecular weight is 276 g/mol. The van der Waals surface area contributed by atoms with Crippen molar-refractivity contribution < 1.29 is 9.59 Å². The van der Waals surface area contributed by atoms with Crippen LogP contribution in [0.15, 0.2) is 12.4 Å². The number of hydrogen-bond acceptors (Lipinski definition) is 3. The fourth-order valence-corrected chi connectivity index (χ4v) is 3.07. The number of carbonyl (C=O) groups is 2. The minimum Gasteiger partial charge on any atom is -0.353 e. The summed E-state index contributed by atoms with van der Waals surface area (Å²) < 4.78 is 1.66. The van der Waals surface area contributed by atoms with Crippen molar-refractivity contribution >= 4 is 17.5 Å². The van der Waals surface area contributed by atoms with E-state index in [1.54, 1.807) is 22.0 Å². The lowest BCUT2D eigenvalue weighted by molar-refractivity contribution is -0.126. The van der Waals surface area contributed by atoms with E-state index in [2.05, 4.69) is 10.4 Å². The van der Waals surface area contributed by atoms with Crippen LogP contribution in [0.25, 0.3) is 0 Å². The Labute approximate surface area is 118 Å². The molecule has 2 aliphatic rings. The van der Waals surface area contributed by atoms with Crippen LogP contribution >= 0.6 is 0 Å². The van der Waals surface area contributed by atoms with E-state index in [1.165, 1.54) is 12.8 Å². The quantitative estimate of drug-likeness (QED) is 0.889. The number of amides is 2. The molecular weight excluding hydrogens is 256 g/mol. The van der Waals surface area contributed by atoms with Gasteiger partial charge in [-0.2, -0.15) is 5.10 Å². The first-order valence-electron chi connectivity index (χ1n) is 7.23. The summed E-state index contributed by atoms with van der Waals surface area (Å²) in [5, 5.41) is 7.15. The summed E-state index contributed by atoms with van der Waals surface area (Å²) in [6.45, 7) is 0.461. The second-order valence-corrected chi connectivity index (χ2v) is 5.77. The highest BCUT2D eigenvalue weighted by atomic mass is 16.2. The normalized spacial score (nSPS) is 23.6. The van der Waals surface area contributed by atoms with Gasteiger partial charge in [-0.15, -0.1) is 0 Å². The maximum atomic E-state index is 12.2. The van der Waals surface area contributed by atoms with Crippen LogP contribution in [0.4, 0.5) is 5.69 Å². The summed E-state index contributed by atoms with van der Waals surface area (Å²) in [6.07, 6.45) is 8.28. The van der Waals surface area contributed by atoms with E-state index in [-0.39, 0.29) is 17.7 Å². The number of nitrogens with zero attached hydrogens (tertiary/aromatic N) is 3. The summed E-state index contributed by atoms with van der Waals surface area (Å²) in [4.78, 5) is 25.9. The fourth-order valence-electron chi connectivity index (χ4n) is 3.07. The molecule has 1 saturated carbocycles. The lowest BCUT2D eigenvalue weighted by Crippen LogP contribution is -2.38. The topological polar surface area (TPSA) is 67.2 Å². The van der Waals surface area contributed by atoms with Gasteiger partial charge in [-0.25, -0.2) is 0 Å². The van der Waals surface area contributed by atoms with E-state index in [0.29, 0.717) is 19.0 Å². The van der Waals surface area contributed by atoms with Crippen molar-refractivity contribution in [3.63, 3.8) is 0 Å². The smallest absolute Gasteiger partial charge is 0.227 e. The van der Waals surface area contributed by atoms with Crippen molar-refractivity contribution in [2.45, 2.75) is 38.1 Å². The van der Waals surface area contributed by atoms with Gasteiger partial charge in [-0.05, 0) is 12.8 Å². The molecule has 1 aliphatic heterocycles. The Morgan fingerprint density at radius 1 is 1.40 bits per heavy atom. The Morgan fingerprint density at radius 2 is 2.15 bits per heavy atom. The summed E-state index contributed by atoms with van der Waals surface area (Å²) in [6, 6.07) is 0.310. The standard InChI is InChI=1S/C14H20N4O2/c1-17-9-12(7-15-17)18-8-10(6-13(18)19)14(20)16-11-4-2-3-5-11/h7,9-11H,2-6,8H2,1H3,(H,16,20). The number of nitrogens with one attached hydrogen (secondary N) is 1. The van der Waals surface area contributed by atoms with E-state index < -0.39 is 0 Å². The number of carbonyl (C=O) groups excluding carboxylic acids is 2. The molecule has 0 aromatic carbocycles. The first kappa shape index (κ1) is 13.1. The molecule has 3 rings (SSSR count). The van der Waals surface area contributed by atoms with Crippen molar-refractivity contribution in [1.29, 1.82) is 0 Å². The molecule has 1 saturated heterocycles. The third-order valence-corrected chi connectivity index (χ3v) is 4.20. The zero-order valence-electron chi connectivity index (χ0n) is 11.7. The second-order valence-electron chi connectivity index (χ2n) is 5.77. The molecule has 2 amide bonds. The van der Waals surface area contributed by atoms with Crippen LogP contribution in [0.1, 0.15) is 32.1 Å². The van der Waals surface area contributed by atoms with Crippen molar-refractivity contribution in [3.05, 3.63) is 12.4 Å². The van der Waals surface area contributed by atoms with Gasteiger partial charge in [0, 0.05) is 32.3 Å². The average Bonchev–Trinajstić information content (AvgIpc) is 3.10. The van der Waals surface area contributed by atoms with E-state index in [9.17, 15) is 9.59 Å². The van der Waals surface area contributed by atoms with E-state index in [4.69, 9.17) is 0 Å². The van der Waals surface area contributed by atoms with Crippen LogP contribution in [0.5, 0.6) is 0 Å². The minimum atomic E-state index is -0.233. The Kier molecular flexibility index (Phi) is 3.46. The molecule has 20 heavy (non-hydrogen) atoms. The number of aromatic nitrogens is 2. The third kappa shape index (κ3) is 2.55. The van der Waals surface area contributed by atoms with Crippen LogP contribution in [0, 0.1) is 5.92 Å². The Balaban J connectivity index is 1.62. The van der Waals surface area contributed by atoms with Gasteiger partial charge < -0.3 is 10.2 Å². The zero-order valence-corrected chi connectivity index (χ0v) is 11.7. The highest BCUT2D eigenvalue weighted by molar-refractivity contribution is 6.00. The van der Waals surface area contributed by atoms with Gasteiger partial charge in [-0.3, -0.25) is 14.3 Å². The molecule has 0 radical (unpaired) electrons. The van der Waals surface area contributed by atoms with Gasteiger partial charge in [0.25, 0.3) is 0 Å². The highest BCUT2D eigenvalue weighted by Crippen LogP contribution is 2.25. The van der Waals surface area contributed by atoms with Crippen molar-refractivity contribution in [2.24, 2.45) is 13.0 Å². The maximum Gasteiger partial charge on any atom is 0.227 e. The predicted octanol–water partition coefficient (Wildman–Crippen LogP) is 0.832. The lowest BCUT2D eigenvalue weighted by Gasteiger charge is -2.16. The Morgan fingerprint density at radius 3 is 2.80 bits per heavy atom. The molecule has 2 fully saturated rings. The zero-order chi connectivity index (χ0) is 14.1. The van der Waals surface area contributed by atoms with Crippen LogP contribution in [0.3, 0.4) is 0 Å².